The molecule has 0 aliphatic rings. The average Bonchev–Trinajstić information content (AvgIpc) is 3.37. The van der Waals surface area contributed by atoms with Gasteiger partial charge in [0.05, 0.1) is 11.9 Å². The first-order valence-electron chi connectivity index (χ1n) is 9.77. The van der Waals surface area contributed by atoms with Crippen LogP contribution in [0, 0.1) is 25.5 Å². The van der Waals surface area contributed by atoms with Gasteiger partial charge in [0.1, 0.15) is 11.5 Å². The molecule has 154 valence electrons. The van der Waals surface area contributed by atoms with Crippen molar-refractivity contribution >= 4 is 0 Å². The molecule has 2 aromatic heterocycles. The fourth-order valence-electron chi connectivity index (χ4n) is 3.56. The third-order valence-electron chi connectivity index (χ3n) is 5.35. The Hall–Kier alpha value is -3.32. The minimum Gasteiger partial charge on any atom is -0.306 e. The Morgan fingerprint density at radius 1 is 1.07 bits per heavy atom. The van der Waals surface area contributed by atoms with Crippen LogP contribution in [0.3, 0.4) is 0 Å². The lowest BCUT2D eigenvalue weighted by Crippen LogP contribution is -2.19. The molecule has 2 aromatic carbocycles. The summed E-state index contributed by atoms with van der Waals surface area (Å²) in [6, 6.07) is 11.6. The van der Waals surface area contributed by atoms with Gasteiger partial charge in [-0.15, -0.1) is 0 Å². The van der Waals surface area contributed by atoms with E-state index >= 15 is 0 Å². The number of hydrogen-bond acceptors (Lipinski definition) is 3. The van der Waals surface area contributed by atoms with Gasteiger partial charge in [-0.05, 0) is 62.2 Å². The van der Waals surface area contributed by atoms with Crippen LogP contribution in [-0.2, 0) is 6.54 Å². The van der Waals surface area contributed by atoms with E-state index in [-0.39, 0.29) is 11.7 Å². The molecule has 7 heteroatoms. The summed E-state index contributed by atoms with van der Waals surface area (Å²) in [4.78, 5) is 0. The Labute approximate surface area is 174 Å². The molecule has 2 heterocycles. The lowest BCUT2D eigenvalue weighted by atomic mass is 10.1. The minimum absolute atomic E-state index is 0.00690. The van der Waals surface area contributed by atoms with Crippen molar-refractivity contribution in [2.75, 3.05) is 0 Å². The zero-order valence-corrected chi connectivity index (χ0v) is 17.1. The Bertz CT molecular complexity index is 1160. The molecule has 1 N–H and O–H groups in total. The molecule has 4 aromatic rings. The van der Waals surface area contributed by atoms with E-state index in [2.05, 4.69) is 34.6 Å². The van der Waals surface area contributed by atoms with E-state index in [9.17, 15) is 8.78 Å². The maximum absolute atomic E-state index is 14.2. The smallest absolute Gasteiger partial charge is 0.151 e. The molecule has 0 aliphatic carbocycles. The highest BCUT2D eigenvalue weighted by molar-refractivity contribution is 5.40. The maximum Gasteiger partial charge on any atom is 0.151 e. The Balaban J connectivity index is 1.48. The summed E-state index contributed by atoms with van der Waals surface area (Å²) >= 11 is 0. The van der Waals surface area contributed by atoms with Crippen molar-refractivity contribution in [3.05, 3.63) is 95.1 Å². The number of aryl methyl sites for hydroxylation is 1. The van der Waals surface area contributed by atoms with Crippen LogP contribution in [-0.4, -0.2) is 19.6 Å². The first kappa shape index (κ1) is 20.0. The van der Waals surface area contributed by atoms with Crippen molar-refractivity contribution in [3.63, 3.8) is 0 Å². The van der Waals surface area contributed by atoms with E-state index in [1.807, 2.05) is 36.9 Å². The van der Waals surface area contributed by atoms with Crippen LogP contribution in [0.25, 0.3) is 11.4 Å². The molecule has 30 heavy (non-hydrogen) atoms. The van der Waals surface area contributed by atoms with Gasteiger partial charge in [-0.1, -0.05) is 6.07 Å². The first-order chi connectivity index (χ1) is 14.4. The van der Waals surface area contributed by atoms with Gasteiger partial charge in [-0.2, -0.15) is 10.2 Å². The summed E-state index contributed by atoms with van der Waals surface area (Å²) in [5, 5.41) is 12.1. The summed E-state index contributed by atoms with van der Waals surface area (Å²) in [6.07, 6.45) is 5.40. The number of nitrogens with one attached hydrogen (secondary N) is 1. The zero-order chi connectivity index (χ0) is 21.3. The molecule has 0 spiro atoms. The molecule has 4 rings (SSSR count). The second-order valence-corrected chi connectivity index (χ2v) is 7.36. The Morgan fingerprint density at radius 3 is 2.60 bits per heavy atom. The van der Waals surface area contributed by atoms with Gasteiger partial charge in [0, 0.05) is 42.3 Å². The highest BCUT2D eigenvalue weighted by Crippen LogP contribution is 2.23. The molecule has 0 unspecified atom stereocenters. The molecule has 0 amide bonds. The van der Waals surface area contributed by atoms with E-state index in [1.165, 1.54) is 27.9 Å². The number of aromatic nitrogens is 4. The Morgan fingerprint density at radius 2 is 1.90 bits per heavy atom. The number of nitrogens with zero attached hydrogens (tertiary/aromatic N) is 4. The largest absolute Gasteiger partial charge is 0.306 e. The molecule has 0 fully saturated rings. The second-order valence-electron chi connectivity index (χ2n) is 7.36. The summed E-state index contributed by atoms with van der Waals surface area (Å²) in [6.45, 7) is 6.69. The van der Waals surface area contributed by atoms with Crippen LogP contribution in [0.4, 0.5) is 8.78 Å². The normalized spacial score (nSPS) is 12.3. The molecular formula is C23H23F2N5. The monoisotopic (exact) mass is 407 g/mol. The molecule has 0 saturated carbocycles. The number of benzene rings is 2. The fourth-order valence-corrected chi connectivity index (χ4v) is 3.56. The third-order valence-corrected chi connectivity index (χ3v) is 5.35. The standard InChI is InChI=1S/C23H23F2N5/c1-15-11-20(29-10-4-9-27-29)7-5-18(15)13-26-16(2)21-14-28-30(17(21)3)23-8-6-19(24)12-22(23)25/h4-12,14,16,26H,13H2,1-3H3/t16-/m0/s1. The molecule has 0 bridgehead atoms. The van der Waals surface area contributed by atoms with Crippen molar-refractivity contribution < 1.29 is 8.78 Å². The summed E-state index contributed by atoms with van der Waals surface area (Å²) in [5.74, 6) is -1.24. The quantitative estimate of drug-likeness (QED) is 0.499. The SMILES string of the molecule is Cc1cc(-n2cccn2)ccc1CN[C@@H](C)c1cnn(-c2ccc(F)cc2F)c1C. The minimum atomic E-state index is -0.638. The number of hydrogen-bond donors (Lipinski definition) is 1. The van der Waals surface area contributed by atoms with Gasteiger partial charge in [0.15, 0.2) is 5.82 Å². The van der Waals surface area contributed by atoms with Crippen molar-refractivity contribution in [2.24, 2.45) is 0 Å². The molecule has 5 nitrogen and oxygen atoms in total. The van der Waals surface area contributed by atoms with Crippen molar-refractivity contribution in [1.29, 1.82) is 0 Å². The van der Waals surface area contributed by atoms with E-state index in [4.69, 9.17) is 0 Å². The summed E-state index contributed by atoms with van der Waals surface area (Å²) < 4.78 is 30.7. The van der Waals surface area contributed by atoms with Crippen LogP contribution in [0.15, 0.2) is 61.1 Å². The van der Waals surface area contributed by atoms with Gasteiger partial charge in [-0.25, -0.2) is 18.1 Å². The molecule has 0 aliphatic heterocycles. The Kier molecular flexibility index (Phi) is 5.46. The van der Waals surface area contributed by atoms with E-state index in [0.717, 1.165) is 23.0 Å². The molecule has 0 saturated heterocycles. The van der Waals surface area contributed by atoms with Crippen LogP contribution in [0.1, 0.15) is 35.3 Å². The van der Waals surface area contributed by atoms with Crippen LogP contribution >= 0.6 is 0 Å². The topological polar surface area (TPSA) is 47.7 Å². The van der Waals surface area contributed by atoms with Crippen LogP contribution in [0.5, 0.6) is 0 Å². The van der Waals surface area contributed by atoms with Gasteiger partial charge < -0.3 is 5.32 Å². The van der Waals surface area contributed by atoms with E-state index in [1.54, 1.807) is 12.4 Å². The maximum atomic E-state index is 14.2. The predicted octanol–water partition coefficient (Wildman–Crippen LogP) is 4.80. The van der Waals surface area contributed by atoms with Crippen LogP contribution < -0.4 is 5.32 Å². The molecule has 0 radical (unpaired) electrons. The molecule has 1 atom stereocenters. The third kappa shape index (κ3) is 3.89. The van der Waals surface area contributed by atoms with E-state index < -0.39 is 11.6 Å². The average molecular weight is 407 g/mol. The number of rotatable bonds is 6. The van der Waals surface area contributed by atoms with Gasteiger partial charge in [-0.3, -0.25) is 0 Å². The van der Waals surface area contributed by atoms with Crippen molar-refractivity contribution in [1.82, 2.24) is 24.9 Å². The second kappa shape index (κ2) is 8.20. The highest BCUT2D eigenvalue weighted by atomic mass is 19.1. The summed E-state index contributed by atoms with van der Waals surface area (Å²) in [7, 11) is 0. The van der Waals surface area contributed by atoms with E-state index in [0.29, 0.717) is 6.54 Å². The van der Waals surface area contributed by atoms with Crippen molar-refractivity contribution in [2.45, 2.75) is 33.4 Å². The zero-order valence-electron chi connectivity index (χ0n) is 17.1. The van der Waals surface area contributed by atoms with Crippen LogP contribution in [0.2, 0.25) is 0 Å². The van der Waals surface area contributed by atoms with Gasteiger partial charge >= 0.3 is 0 Å². The lowest BCUT2D eigenvalue weighted by molar-refractivity contribution is 0.565. The predicted molar refractivity (Wildman–Crippen MR) is 112 cm³/mol. The van der Waals surface area contributed by atoms with Gasteiger partial charge in [0.2, 0.25) is 0 Å². The highest BCUT2D eigenvalue weighted by Gasteiger charge is 2.16. The van der Waals surface area contributed by atoms with Gasteiger partial charge in [0.25, 0.3) is 0 Å². The first-order valence-corrected chi connectivity index (χ1v) is 9.77. The fraction of sp³-hybridized carbons (Fsp3) is 0.217. The lowest BCUT2D eigenvalue weighted by Gasteiger charge is -2.16. The number of halogens is 2. The summed E-state index contributed by atoms with van der Waals surface area (Å²) in [5.41, 5.74) is 5.39. The molecular weight excluding hydrogens is 384 g/mol. The van der Waals surface area contributed by atoms with Crippen molar-refractivity contribution in [3.8, 4) is 11.4 Å².